The first-order valence-corrected chi connectivity index (χ1v) is 10.4. The monoisotopic (exact) mass is 408 g/mol. The second-order valence-corrected chi connectivity index (χ2v) is 7.94. The van der Waals surface area contributed by atoms with Gasteiger partial charge in [-0.25, -0.2) is 0 Å². The largest absolute Gasteiger partial charge is 0.486 e. The molecule has 0 fully saturated rings. The number of aromatic nitrogens is 1. The number of hydrogen-bond donors (Lipinski definition) is 0. The first-order chi connectivity index (χ1) is 15.2. The van der Waals surface area contributed by atoms with Crippen molar-refractivity contribution in [3.63, 3.8) is 0 Å². The van der Waals surface area contributed by atoms with E-state index in [0.29, 0.717) is 31.9 Å². The van der Waals surface area contributed by atoms with E-state index < -0.39 is 0 Å². The summed E-state index contributed by atoms with van der Waals surface area (Å²) < 4.78 is 11.3. The standard InChI is InChI=1S/C26H20N2O3/c29-26(28-15-22-7-8-27-14-23(22)16-28)21-4-3-17-11-18(1-2-19(17)12-21)20-5-6-24-25(13-20)31-10-9-30-24/h1-8,11-14H,9-10,15-16H2. The highest BCUT2D eigenvalue weighted by atomic mass is 16.6. The zero-order valence-electron chi connectivity index (χ0n) is 16.9. The third-order valence-corrected chi connectivity index (χ3v) is 5.98. The lowest BCUT2D eigenvalue weighted by atomic mass is 9.99. The highest BCUT2D eigenvalue weighted by Gasteiger charge is 2.24. The lowest BCUT2D eigenvalue weighted by Crippen LogP contribution is -2.25. The van der Waals surface area contributed by atoms with Gasteiger partial charge in [-0.05, 0) is 69.4 Å². The van der Waals surface area contributed by atoms with Crippen molar-refractivity contribution in [3.05, 3.63) is 89.7 Å². The van der Waals surface area contributed by atoms with Gasteiger partial charge in [0.1, 0.15) is 13.2 Å². The predicted octanol–water partition coefficient (Wildman–Crippen LogP) is 4.83. The average molecular weight is 408 g/mol. The molecular weight excluding hydrogens is 388 g/mol. The van der Waals surface area contributed by atoms with Gasteiger partial charge in [-0.1, -0.05) is 24.3 Å². The van der Waals surface area contributed by atoms with E-state index in [1.165, 1.54) is 5.56 Å². The van der Waals surface area contributed by atoms with E-state index >= 15 is 0 Å². The lowest BCUT2D eigenvalue weighted by molar-refractivity contribution is 0.0751. The smallest absolute Gasteiger partial charge is 0.254 e. The van der Waals surface area contributed by atoms with Crippen LogP contribution in [0.4, 0.5) is 0 Å². The zero-order chi connectivity index (χ0) is 20.8. The zero-order valence-corrected chi connectivity index (χ0v) is 16.9. The second kappa shape index (κ2) is 7.13. The Balaban J connectivity index is 1.28. The summed E-state index contributed by atoms with van der Waals surface area (Å²) in [5.74, 6) is 1.62. The Labute approximate surface area is 179 Å². The summed E-state index contributed by atoms with van der Waals surface area (Å²) in [6, 6.07) is 20.2. The minimum atomic E-state index is 0.0500. The molecule has 3 heterocycles. The number of rotatable bonds is 2. The summed E-state index contributed by atoms with van der Waals surface area (Å²) >= 11 is 0. The number of benzene rings is 3. The number of amides is 1. The Hall–Kier alpha value is -3.86. The molecule has 0 atom stereocenters. The van der Waals surface area contributed by atoms with Crippen LogP contribution in [0.1, 0.15) is 21.5 Å². The molecule has 0 radical (unpaired) electrons. The number of nitrogens with zero attached hydrogens (tertiary/aromatic N) is 2. The number of carbonyl (C=O) groups excluding carboxylic acids is 1. The van der Waals surface area contributed by atoms with Crippen molar-refractivity contribution in [2.75, 3.05) is 13.2 Å². The van der Waals surface area contributed by atoms with E-state index in [1.807, 2.05) is 53.6 Å². The van der Waals surface area contributed by atoms with E-state index in [1.54, 1.807) is 6.20 Å². The molecular formula is C26H20N2O3. The molecule has 3 aromatic carbocycles. The summed E-state index contributed by atoms with van der Waals surface area (Å²) in [6.07, 6.45) is 3.63. The topological polar surface area (TPSA) is 51.7 Å². The molecule has 1 amide bonds. The van der Waals surface area contributed by atoms with Gasteiger partial charge in [0.2, 0.25) is 0 Å². The molecule has 0 spiro atoms. The molecule has 6 rings (SSSR count). The van der Waals surface area contributed by atoms with Crippen LogP contribution in [0.15, 0.2) is 73.1 Å². The van der Waals surface area contributed by atoms with Gasteiger partial charge < -0.3 is 14.4 Å². The number of hydrogen-bond acceptors (Lipinski definition) is 4. The molecule has 5 nitrogen and oxygen atoms in total. The quantitative estimate of drug-likeness (QED) is 0.477. The van der Waals surface area contributed by atoms with Crippen molar-refractivity contribution in [3.8, 4) is 22.6 Å². The molecule has 5 heteroatoms. The molecule has 152 valence electrons. The van der Waals surface area contributed by atoms with Crippen molar-refractivity contribution < 1.29 is 14.3 Å². The van der Waals surface area contributed by atoms with Crippen molar-refractivity contribution in [1.82, 2.24) is 9.88 Å². The minimum Gasteiger partial charge on any atom is -0.486 e. The number of carbonyl (C=O) groups is 1. The third kappa shape index (κ3) is 3.19. The molecule has 0 bridgehead atoms. The second-order valence-electron chi connectivity index (χ2n) is 7.94. The molecule has 0 aliphatic carbocycles. The maximum absolute atomic E-state index is 13.1. The Kier molecular flexibility index (Phi) is 4.13. The Morgan fingerprint density at radius 1 is 0.774 bits per heavy atom. The van der Waals surface area contributed by atoms with Crippen LogP contribution >= 0.6 is 0 Å². The van der Waals surface area contributed by atoms with E-state index in [2.05, 4.69) is 23.2 Å². The fourth-order valence-corrected chi connectivity index (χ4v) is 4.33. The first kappa shape index (κ1) is 18.0. The maximum Gasteiger partial charge on any atom is 0.254 e. The molecule has 0 saturated heterocycles. The summed E-state index contributed by atoms with van der Waals surface area (Å²) in [5.41, 5.74) is 5.19. The average Bonchev–Trinajstić information content (AvgIpc) is 3.27. The summed E-state index contributed by atoms with van der Waals surface area (Å²) in [5, 5.41) is 2.14. The van der Waals surface area contributed by atoms with Gasteiger partial charge in [-0.2, -0.15) is 0 Å². The van der Waals surface area contributed by atoms with Crippen molar-refractivity contribution in [1.29, 1.82) is 0 Å². The highest BCUT2D eigenvalue weighted by molar-refractivity contribution is 5.99. The van der Waals surface area contributed by atoms with Gasteiger partial charge in [0, 0.05) is 31.0 Å². The van der Waals surface area contributed by atoms with E-state index in [4.69, 9.17) is 9.47 Å². The van der Waals surface area contributed by atoms with Gasteiger partial charge in [-0.3, -0.25) is 9.78 Å². The number of ether oxygens (including phenoxy) is 2. The summed E-state index contributed by atoms with van der Waals surface area (Å²) in [6.45, 7) is 2.41. The van der Waals surface area contributed by atoms with E-state index in [-0.39, 0.29) is 5.91 Å². The Morgan fingerprint density at radius 3 is 2.42 bits per heavy atom. The third-order valence-electron chi connectivity index (χ3n) is 5.98. The molecule has 31 heavy (non-hydrogen) atoms. The summed E-state index contributed by atoms with van der Waals surface area (Å²) in [4.78, 5) is 19.1. The molecule has 0 N–H and O–H groups in total. The van der Waals surface area contributed by atoms with Crippen molar-refractivity contribution in [2.45, 2.75) is 13.1 Å². The van der Waals surface area contributed by atoms with Crippen molar-refractivity contribution >= 4 is 16.7 Å². The minimum absolute atomic E-state index is 0.0500. The molecule has 0 unspecified atom stereocenters. The molecule has 0 saturated carbocycles. The SMILES string of the molecule is O=C(c1ccc2cc(-c3ccc4c(c3)OCCO4)ccc2c1)N1Cc2ccncc2C1. The van der Waals surface area contributed by atoms with Crippen LogP contribution in [-0.4, -0.2) is 29.0 Å². The van der Waals surface area contributed by atoms with Gasteiger partial charge in [0.15, 0.2) is 11.5 Å². The van der Waals surface area contributed by atoms with Crippen molar-refractivity contribution in [2.24, 2.45) is 0 Å². The van der Waals surface area contributed by atoms with Crippen LogP contribution in [-0.2, 0) is 13.1 Å². The normalized spacial score (nSPS) is 14.5. The maximum atomic E-state index is 13.1. The predicted molar refractivity (Wildman–Crippen MR) is 118 cm³/mol. The van der Waals surface area contributed by atoms with Gasteiger partial charge in [0.25, 0.3) is 5.91 Å². The van der Waals surface area contributed by atoms with Crippen LogP contribution < -0.4 is 9.47 Å². The van der Waals surface area contributed by atoms with Crippen LogP contribution in [0.25, 0.3) is 21.9 Å². The summed E-state index contributed by atoms with van der Waals surface area (Å²) in [7, 11) is 0. The fraction of sp³-hybridized carbons (Fsp3) is 0.154. The Morgan fingerprint density at radius 2 is 1.52 bits per heavy atom. The van der Waals surface area contributed by atoms with Crippen LogP contribution in [0.2, 0.25) is 0 Å². The molecule has 2 aliphatic heterocycles. The molecule has 2 aliphatic rings. The van der Waals surface area contributed by atoms with Crippen LogP contribution in [0.3, 0.4) is 0 Å². The van der Waals surface area contributed by atoms with E-state index in [0.717, 1.165) is 39.0 Å². The van der Waals surface area contributed by atoms with E-state index in [9.17, 15) is 4.79 Å². The molecule has 1 aromatic heterocycles. The Bertz CT molecular complexity index is 1310. The highest BCUT2D eigenvalue weighted by Crippen LogP contribution is 2.35. The van der Waals surface area contributed by atoms with Gasteiger partial charge >= 0.3 is 0 Å². The number of fused-ring (bicyclic) bond motifs is 3. The van der Waals surface area contributed by atoms with Crippen LogP contribution in [0.5, 0.6) is 11.5 Å². The lowest BCUT2D eigenvalue weighted by Gasteiger charge is -2.19. The fourth-order valence-electron chi connectivity index (χ4n) is 4.33. The van der Waals surface area contributed by atoms with Crippen LogP contribution in [0, 0.1) is 0 Å². The van der Waals surface area contributed by atoms with Gasteiger partial charge in [0.05, 0.1) is 0 Å². The molecule has 4 aromatic rings. The van der Waals surface area contributed by atoms with Gasteiger partial charge in [-0.15, -0.1) is 0 Å². The number of pyridine rings is 1. The first-order valence-electron chi connectivity index (χ1n) is 10.4.